The summed E-state index contributed by atoms with van der Waals surface area (Å²) in [5.74, 6) is -2.74. The maximum atomic E-state index is 14.1. The highest BCUT2D eigenvalue weighted by Crippen LogP contribution is 2.31. The van der Waals surface area contributed by atoms with Gasteiger partial charge in [-0.3, -0.25) is 14.6 Å². The van der Waals surface area contributed by atoms with Crippen molar-refractivity contribution in [3.8, 4) is 0 Å². The molecule has 0 fully saturated rings. The Kier molecular flexibility index (Phi) is 14.2. The number of carboxylic acid groups (broad SMARTS) is 1. The summed E-state index contributed by atoms with van der Waals surface area (Å²) < 4.78 is 29.4. The van der Waals surface area contributed by atoms with Crippen molar-refractivity contribution < 1.29 is 27.9 Å². The van der Waals surface area contributed by atoms with E-state index in [0.717, 1.165) is 20.9 Å². The second-order valence-corrected chi connectivity index (χ2v) is 13.6. The van der Waals surface area contributed by atoms with Gasteiger partial charge in [0.1, 0.15) is 12.1 Å². The Bertz CT molecular complexity index is 1680. The van der Waals surface area contributed by atoms with Crippen LogP contribution in [0.15, 0.2) is 76.6 Å². The summed E-state index contributed by atoms with van der Waals surface area (Å²) in [5, 5.41) is 16.3. The van der Waals surface area contributed by atoms with Crippen LogP contribution in [0.4, 0.5) is 5.69 Å². The van der Waals surface area contributed by atoms with Gasteiger partial charge in [0.25, 0.3) is 0 Å². The molecule has 48 heavy (non-hydrogen) atoms. The van der Waals surface area contributed by atoms with Crippen molar-refractivity contribution in [2.24, 2.45) is 16.5 Å². The van der Waals surface area contributed by atoms with Crippen LogP contribution in [0.3, 0.4) is 0 Å². The lowest BCUT2D eigenvalue weighted by Gasteiger charge is -2.25. The van der Waals surface area contributed by atoms with Gasteiger partial charge >= 0.3 is 5.97 Å². The molecule has 7 N–H and O–H groups in total. The fourth-order valence-electron chi connectivity index (χ4n) is 5.30. The third kappa shape index (κ3) is 10.7. The molecule has 3 rings (SSSR count). The molecule has 260 valence electrons. The lowest BCUT2D eigenvalue weighted by molar-refractivity contribution is -0.142. The third-order valence-electron chi connectivity index (χ3n) is 7.82. The predicted octanol–water partition coefficient (Wildman–Crippen LogP) is 2.44. The molecule has 14 heteroatoms. The second kappa shape index (κ2) is 18.0. The quantitative estimate of drug-likeness (QED) is 0.0716. The van der Waals surface area contributed by atoms with E-state index in [0.29, 0.717) is 31.1 Å². The van der Waals surface area contributed by atoms with E-state index in [1.807, 2.05) is 68.4 Å². The van der Waals surface area contributed by atoms with Crippen LogP contribution in [0.25, 0.3) is 10.8 Å². The normalized spacial score (nSPS) is 12.7. The van der Waals surface area contributed by atoms with Crippen molar-refractivity contribution in [2.45, 2.75) is 62.4 Å². The van der Waals surface area contributed by atoms with Gasteiger partial charge in [-0.05, 0) is 49.8 Å². The Morgan fingerprint density at radius 2 is 1.56 bits per heavy atom. The number of aryl methyl sites for hydroxylation is 1. The minimum Gasteiger partial charge on any atom is -0.480 e. The Balaban J connectivity index is 1.86. The predicted molar refractivity (Wildman–Crippen MR) is 188 cm³/mol. The van der Waals surface area contributed by atoms with E-state index in [1.54, 1.807) is 18.2 Å². The van der Waals surface area contributed by atoms with Gasteiger partial charge in [-0.2, -0.15) is 4.31 Å². The number of hydrogen-bond acceptors (Lipinski definition) is 7. The topological polar surface area (TPSA) is 201 Å². The average Bonchev–Trinajstić information content (AvgIpc) is 3.05. The van der Waals surface area contributed by atoms with Crippen molar-refractivity contribution in [1.29, 1.82) is 0 Å². The van der Waals surface area contributed by atoms with Crippen molar-refractivity contribution >= 4 is 50.2 Å². The van der Waals surface area contributed by atoms with E-state index in [1.165, 1.54) is 6.07 Å². The number of amides is 2. The van der Waals surface area contributed by atoms with Gasteiger partial charge in [0.15, 0.2) is 5.96 Å². The lowest BCUT2D eigenvalue weighted by Crippen LogP contribution is -2.53. The summed E-state index contributed by atoms with van der Waals surface area (Å²) in [6.45, 7) is 1.67. The number of carbonyl (C=O) groups is 3. The molecule has 2 amide bonds. The number of fused-ring (bicyclic) bond motifs is 1. The molecule has 0 aromatic heterocycles. The molecule has 0 heterocycles. The summed E-state index contributed by atoms with van der Waals surface area (Å²) in [6.07, 6.45) is 2.11. The number of anilines is 1. The zero-order valence-electron chi connectivity index (χ0n) is 27.8. The zero-order chi connectivity index (χ0) is 35.3. The largest absolute Gasteiger partial charge is 0.480 e. The number of benzene rings is 3. The Hall–Kier alpha value is -4.69. The highest BCUT2D eigenvalue weighted by atomic mass is 32.2. The number of sulfonamides is 1. The van der Waals surface area contributed by atoms with Crippen molar-refractivity contribution in [3.05, 3.63) is 72.3 Å². The fraction of sp³-hybridized carbons (Fsp3) is 0.412. The van der Waals surface area contributed by atoms with Crippen LogP contribution in [-0.2, 0) is 30.8 Å². The minimum atomic E-state index is -4.15. The van der Waals surface area contributed by atoms with Gasteiger partial charge in [0.05, 0.1) is 11.4 Å². The Labute approximate surface area is 282 Å². The number of nitrogens with two attached hydrogens (primary N) is 2. The summed E-state index contributed by atoms with van der Waals surface area (Å²) in [7, 11) is -0.394. The van der Waals surface area contributed by atoms with Crippen molar-refractivity contribution in [3.63, 3.8) is 0 Å². The summed E-state index contributed by atoms with van der Waals surface area (Å²) in [5.41, 5.74) is 12.4. The van der Waals surface area contributed by atoms with Crippen LogP contribution in [0, 0.1) is 0 Å². The van der Waals surface area contributed by atoms with Crippen LogP contribution in [0.5, 0.6) is 0 Å². The molecule has 3 aromatic carbocycles. The van der Waals surface area contributed by atoms with Crippen molar-refractivity contribution in [2.75, 3.05) is 38.6 Å². The monoisotopic (exact) mass is 681 g/mol. The molecule has 0 aliphatic rings. The second-order valence-electron chi connectivity index (χ2n) is 11.7. The molecule has 0 aliphatic carbocycles. The summed E-state index contributed by atoms with van der Waals surface area (Å²) in [4.78, 5) is 44.8. The zero-order valence-corrected chi connectivity index (χ0v) is 28.6. The number of nitrogens with zero attached hydrogens (tertiary/aromatic N) is 3. The molecular weight excluding hydrogens is 634 g/mol. The molecule has 0 aliphatic heterocycles. The molecular formula is C34H47N7O6S. The molecule has 0 unspecified atom stereocenters. The Morgan fingerprint density at radius 3 is 2.21 bits per heavy atom. The van der Waals surface area contributed by atoms with Crippen LogP contribution in [0.1, 0.15) is 44.6 Å². The molecule has 0 saturated heterocycles. The summed E-state index contributed by atoms with van der Waals surface area (Å²) in [6, 6.07) is 17.5. The maximum absolute atomic E-state index is 14.1. The van der Waals surface area contributed by atoms with E-state index < -0.39 is 46.4 Å². The van der Waals surface area contributed by atoms with E-state index in [4.69, 9.17) is 11.5 Å². The van der Waals surface area contributed by atoms with Gasteiger partial charge in [-0.1, -0.05) is 67.9 Å². The van der Waals surface area contributed by atoms with Crippen LogP contribution < -0.4 is 27.0 Å². The number of carboxylic acids is 1. The van der Waals surface area contributed by atoms with Crippen LogP contribution in [-0.4, -0.2) is 87.4 Å². The van der Waals surface area contributed by atoms with Crippen LogP contribution >= 0.6 is 0 Å². The molecule has 0 bridgehead atoms. The molecule has 2 atom stereocenters. The molecule has 0 saturated carbocycles. The maximum Gasteiger partial charge on any atom is 0.326 e. The van der Waals surface area contributed by atoms with Crippen molar-refractivity contribution in [1.82, 2.24) is 14.9 Å². The number of guanidine groups is 1. The number of aliphatic carboxylic acids is 1. The smallest absolute Gasteiger partial charge is 0.326 e. The molecule has 0 radical (unpaired) electrons. The number of rotatable bonds is 19. The van der Waals surface area contributed by atoms with Gasteiger partial charge in [-0.25, -0.2) is 13.2 Å². The number of hydrogen-bond donors (Lipinski definition) is 5. The van der Waals surface area contributed by atoms with Gasteiger partial charge in [0, 0.05) is 43.6 Å². The lowest BCUT2D eigenvalue weighted by atomic mass is 10.0. The number of aliphatic imine (C=N–C) groups is 1. The van der Waals surface area contributed by atoms with Gasteiger partial charge in [0.2, 0.25) is 21.8 Å². The molecule has 3 aromatic rings. The first-order valence-corrected chi connectivity index (χ1v) is 17.4. The van der Waals surface area contributed by atoms with Gasteiger partial charge in [-0.15, -0.1) is 0 Å². The first-order chi connectivity index (χ1) is 22.8. The molecule has 0 spiro atoms. The van der Waals surface area contributed by atoms with E-state index in [-0.39, 0.29) is 36.8 Å². The first kappa shape index (κ1) is 37.8. The first-order valence-electron chi connectivity index (χ1n) is 16.0. The van der Waals surface area contributed by atoms with Crippen LogP contribution in [0.2, 0.25) is 0 Å². The summed E-state index contributed by atoms with van der Waals surface area (Å²) >= 11 is 0. The highest BCUT2D eigenvalue weighted by Gasteiger charge is 2.31. The fourth-order valence-corrected chi connectivity index (χ4v) is 6.94. The number of carbonyl (C=O) groups excluding carboxylic acids is 2. The number of nitrogens with one attached hydrogen (secondary N) is 2. The van der Waals surface area contributed by atoms with E-state index in [9.17, 15) is 27.9 Å². The van der Waals surface area contributed by atoms with E-state index >= 15 is 0 Å². The third-order valence-corrected chi connectivity index (χ3v) is 9.72. The van der Waals surface area contributed by atoms with E-state index in [2.05, 4.69) is 15.6 Å². The minimum absolute atomic E-state index is 0.0564. The average molecular weight is 682 g/mol. The SMILES string of the molecule is CCCCN(CC(=O)N[C@@H](CCc1ccccc1)C(=O)N[C@@H](CCCN=C(N)N)C(=O)O)S(=O)(=O)c1cccc2c(N(C)C)cccc12. The Morgan fingerprint density at radius 1 is 0.875 bits per heavy atom. The molecule has 13 nitrogen and oxygen atoms in total. The highest BCUT2D eigenvalue weighted by molar-refractivity contribution is 7.89. The van der Waals surface area contributed by atoms with Gasteiger partial charge < -0.3 is 32.1 Å². The number of unbranched alkanes of at least 4 members (excludes halogenated alkanes) is 1. The standard InChI is InChI=1S/C34H47N7O6S/c1-4-5-22-41(48(46,47)30-18-10-14-25-26(30)15-9-17-29(25)40(2)3)23-31(42)38-27(20-19-24-12-7-6-8-13-24)32(43)39-28(33(44)45)16-11-21-37-34(35)36/h6-10,12-15,17-18,27-28H,4-5,11,16,19-23H2,1-3H3,(H,38,42)(H,39,43)(H,44,45)(H4,35,36,37)/t27-,28-/m0/s1.